The van der Waals surface area contributed by atoms with Crippen LogP contribution in [0.3, 0.4) is 0 Å². The van der Waals surface area contributed by atoms with Gasteiger partial charge in [0.1, 0.15) is 0 Å². The summed E-state index contributed by atoms with van der Waals surface area (Å²) in [5.74, 6) is 0.330. The normalized spacial score (nSPS) is 12.2. The van der Waals surface area contributed by atoms with Gasteiger partial charge in [-0.1, -0.05) is 114 Å². The van der Waals surface area contributed by atoms with Crippen LogP contribution >= 0.6 is 0 Å². The summed E-state index contributed by atoms with van der Waals surface area (Å²) in [6.45, 7) is 7.32. The maximum absolute atomic E-state index is 12.7. The van der Waals surface area contributed by atoms with Crippen molar-refractivity contribution in [2.45, 2.75) is 73.3 Å². The summed E-state index contributed by atoms with van der Waals surface area (Å²) < 4.78 is 0. The molecule has 0 bridgehead atoms. The van der Waals surface area contributed by atoms with Crippen LogP contribution in [0.5, 0.6) is 0 Å². The van der Waals surface area contributed by atoms with Gasteiger partial charge in [0.25, 0.3) is 0 Å². The molecule has 0 radical (unpaired) electrons. The van der Waals surface area contributed by atoms with Crippen LogP contribution in [0.25, 0.3) is 22.3 Å². The number of aliphatic hydroxyl groups is 1. The molecule has 52 heavy (non-hydrogen) atoms. The number of H-pyrrole nitrogens is 2. The molecular weight excluding hydrogens is 649 g/mol. The van der Waals surface area contributed by atoms with Crippen LogP contribution in [0.2, 0.25) is 0 Å². The van der Waals surface area contributed by atoms with E-state index < -0.39 is 6.10 Å². The van der Waals surface area contributed by atoms with Crippen molar-refractivity contribution < 1.29 is 19.5 Å². The number of aliphatic hydroxyl groups excluding tert-OH is 1. The first kappa shape index (κ1) is 40.7. The van der Waals surface area contributed by atoms with Gasteiger partial charge in [-0.15, -0.1) is 0 Å². The molecule has 0 fully saturated rings. The number of benzene rings is 4. The highest BCUT2D eigenvalue weighted by molar-refractivity contribution is 6.05. The van der Waals surface area contributed by atoms with Gasteiger partial charge >= 0.3 is 0 Å². The lowest BCUT2D eigenvalue weighted by atomic mass is 9.90. The second-order valence-electron chi connectivity index (χ2n) is 12.6. The minimum absolute atomic E-state index is 0. The van der Waals surface area contributed by atoms with E-state index in [1.807, 2.05) is 85.8 Å². The molecule has 3 atom stereocenters. The molecule has 4 aromatic carbocycles. The van der Waals surface area contributed by atoms with Crippen molar-refractivity contribution in [3.8, 4) is 22.3 Å². The Morgan fingerprint density at radius 1 is 0.635 bits per heavy atom. The zero-order chi connectivity index (χ0) is 35.6. The van der Waals surface area contributed by atoms with Crippen molar-refractivity contribution in [3.63, 3.8) is 0 Å². The number of hydrogen-bond acceptors (Lipinski definition) is 6. The highest BCUT2D eigenvalue weighted by atomic mass is 16.3. The average Bonchev–Trinajstić information content (AvgIpc) is 3.88. The molecule has 1 unspecified atom stereocenters. The molecule has 0 spiro atoms. The number of nitrogens with one attached hydrogen (secondary N) is 2. The first-order valence-electron chi connectivity index (χ1n) is 16.7. The summed E-state index contributed by atoms with van der Waals surface area (Å²) in [5, 5.41) is 23.5. The van der Waals surface area contributed by atoms with Crippen LogP contribution in [-0.2, 0) is 0 Å². The maximum Gasteiger partial charge on any atom is 0.163 e. The number of rotatable bonds is 12. The summed E-state index contributed by atoms with van der Waals surface area (Å²) in [5.41, 5.74) is 8.17. The first-order chi connectivity index (χ1) is 24.1. The monoisotopic (exact) mass is 698 g/mol. The highest BCUT2D eigenvalue weighted by Crippen LogP contribution is 2.31. The average molecular weight is 699 g/mol. The number of Topliss-reactive ketones (excluding diaryl/α,β-unsaturated/α-hetero) is 3. The lowest BCUT2D eigenvalue weighted by Gasteiger charge is -2.15. The van der Waals surface area contributed by atoms with Gasteiger partial charge in [0.2, 0.25) is 0 Å². The molecule has 2 heterocycles. The zero-order valence-electron chi connectivity index (χ0n) is 28.8. The minimum Gasteiger partial charge on any atom is -0.389 e. The van der Waals surface area contributed by atoms with E-state index in [9.17, 15) is 19.5 Å². The largest absolute Gasteiger partial charge is 0.389 e. The Labute approximate surface area is 307 Å². The van der Waals surface area contributed by atoms with Crippen molar-refractivity contribution in [2.24, 2.45) is 0 Å². The molecule has 0 aliphatic carbocycles. The number of hydrogen-bond donors (Lipinski definition) is 3. The van der Waals surface area contributed by atoms with E-state index in [0.717, 1.165) is 38.9 Å². The lowest BCUT2D eigenvalue weighted by Crippen LogP contribution is -2.07. The van der Waals surface area contributed by atoms with Crippen LogP contribution in [-0.4, -0.2) is 42.9 Å². The summed E-state index contributed by atoms with van der Waals surface area (Å²) >= 11 is 0. The minimum atomic E-state index is -0.663. The van der Waals surface area contributed by atoms with E-state index in [1.54, 1.807) is 49.9 Å². The number of carbonyl (C=O) groups is 3. The predicted octanol–water partition coefficient (Wildman–Crippen LogP) is 10.4. The SMILES string of the molecule is C.C.CC(=O)c1cc(C(=O)C[C@H](C)c2ccccc2)ccc1-c1cn[nH]c1.CC(O)c1cc(C(=O)C[C@H](C)c2ccccc2)ccc1-c1cn[nH]c1. The third-order valence-corrected chi connectivity index (χ3v) is 8.88. The second kappa shape index (κ2) is 19.0. The summed E-state index contributed by atoms with van der Waals surface area (Å²) in [6, 6.07) is 30.8. The Hall–Kier alpha value is -5.73. The number of aromatic nitrogens is 4. The molecule has 0 aliphatic heterocycles. The standard InChI is InChI=1S/C21H22N2O2.C21H20N2O2.2CH4/c2*1-14(16-6-4-3-5-7-16)10-21(25)17-8-9-19(18-12-22-23-13-18)20(11-17)15(2)24;;/h3-9,11-15,24H,10H2,1-2H3,(H,22,23);3-9,11-14H,10H2,1-2H3,(H,22,23);2*1H4/t14-,15?;14-;;/m00../s1. The van der Waals surface area contributed by atoms with E-state index >= 15 is 0 Å². The molecule has 2 aromatic heterocycles. The van der Waals surface area contributed by atoms with E-state index in [-0.39, 0.29) is 44.0 Å². The molecule has 6 rings (SSSR count). The summed E-state index contributed by atoms with van der Waals surface area (Å²) in [6.07, 6.45) is 7.08. The van der Waals surface area contributed by atoms with Gasteiger partial charge in [0, 0.05) is 53.1 Å². The van der Waals surface area contributed by atoms with Gasteiger partial charge in [0.15, 0.2) is 17.3 Å². The molecule has 0 saturated carbocycles. The van der Waals surface area contributed by atoms with Crippen molar-refractivity contribution in [1.29, 1.82) is 0 Å². The van der Waals surface area contributed by atoms with Gasteiger partial charge in [-0.25, -0.2) is 0 Å². The molecule has 3 N–H and O–H groups in total. The van der Waals surface area contributed by atoms with Crippen LogP contribution < -0.4 is 0 Å². The Morgan fingerprint density at radius 2 is 1.08 bits per heavy atom. The Kier molecular flexibility index (Phi) is 14.9. The van der Waals surface area contributed by atoms with Crippen molar-refractivity contribution in [1.82, 2.24) is 20.4 Å². The number of carbonyl (C=O) groups excluding carboxylic acids is 3. The summed E-state index contributed by atoms with van der Waals surface area (Å²) in [7, 11) is 0. The van der Waals surface area contributed by atoms with Crippen LogP contribution in [0.15, 0.2) is 122 Å². The van der Waals surface area contributed by atoms with E-state index in [2.05, 4.69) is 27.3 Å². The van der Waals surface area contributed by atoms with Crippen LogP contribution in [0, 0.1) is 0 Å². The predicted molar refractivity (Wildman–Crippen MR) is 210 cm³/mol. The summed E-state index contributed by atoms with van der Waals surface area (Å²) in [4.78, 5) is 37.4. The Morgan fingerprint density at radius 3 is 1.50 bits per heavy atom. The number of nitrogens with zero attached hydrogens (tertiary/aromatic N) is 2. The van der Waals surface area contributed by atoms with Gasteiger partial charge in [-0.3, -0.25) is 24.6 Å². The van der Waals surface area contributed by atoms with Crippen LogP contribution in [0.4, 0.5) is 0 Å². The van der Waals surface area contributed by atoms with Crippen molar-refractivity contribution in [2.75, 3.05) is 0 Å². The van der Waals surface area contributed by atoms with E-state index in [4.69, 9.17) is 0 Å². The highest BCUT2D eigenvalue weighted by Gasteiger charge is 2.19. The molecule has 0 aliphatic rings. The molecule has 0 amide bonds. The number of ketones is 3. The maximum atomic E-state index is 12.7. The van der Waals surface area contributed by atoms with Gasteiger partial charge < -0.3 is 5.11 Å². The van der Waals surface area contributed by atoms with Crippen molar-refractivity contribution in [3.05, 3.63) is 155 Å². The van der Waals surface area contributed by atoms with Crippen LogP contribution in [0.1, 0.15) is 121 Å². The zero-order valence-corrected chi connectivity index (χ0v) is 28.8. The lowest BCUT2D eigenvalue weighted by molar-refractivity contribution is 0.0966. The van der Waals surface area contributed by atoms with Crippen molar-refractivity contribution >= 4 is 17.3 Å². The molecule has 6 aromatic rings. The Balaban J connectivity index is 0.000000270. The van der Waals surface area contributed by atoms with Gasteiger partial charge in [-0.05, 0) is 65.6 Å². The molecule has 8 heteroatoms. The van der Waals surface area contributed by atoms with E-state index in [1.165, 1.54) is 6.92 Å². The molecular formula is C44H50N4O4. The fraction of sp³-hybridized carbons (Fsp3) is 0.250. The van der Waals surface area contributed by atoms with Gasteiger partial charge in [0.05, 0.1) is 18.5 Å². The Bertz CT molecular complexity index is 2020. The third-order valence-electron chi connectivity index (χ3n) is 8.88. The smallest absolute Gasteiger partial charge is 0.163 e. The number of aromatic amines is 2. The van der Waals surface area contributed by atoms with E-state index in [0.29, 0.717) is 29.5 Å². The molecule has 0 saturated heterocycles. The molecule has 8 nitrogen and oxygen atoms in total. The van der Waals surface area contributed by atoms with Gasteiger partial charge in [-0.2, -0.15) is 10.2 Å². The quantitative estimate of drug-likeness (QED) is 0.109. The topological polar surface area (TPSA) is 129 Å². The molecule has 270 valence electrons. The third kappa shape index (κ3) is 10.2. The first-order valence-corrected chi connectivity index (χ1v) is 16.7. The second-order valence-corrected chi connectivity index (χ2v) is 12.6. The fourth-order valence-corrected chi connectivity index (χ4v) is 5.99. The fourth-order valence-electron chi connectivity index (χ4n) is 5.99.